The number of phenols is 1. The SMILES string of the molecule is CC(C)=CCc1cc(C2=COC3CC(O)C(CC=C(C)C)C(O)C3C2=O)ccc1O. The van der Waals surface area contributed by atoms with Crippen molar-refractivity contribution in [2.75, 3.05) is 0 Å². The maximum atomic E-state index is 13.3. The maximum Gasteiger partial charge on any atom is 0.175 e. The lowest BCUT2D eigenvalue weighted by atomic mass is 9.69. The smallest absolute Gasteiger partial charge is 0.175 e. The normalized spacial score (nSPS) is 28.1. The first kappa shape index (κ1) is 22.3. The second kappa shape index (κ2) is 9.19. The summed E-state index contributed by atoms with van der Waals surface area (Å²) >= 11 is 0. The molecule has 1 aromatic rings. The van der Waals surface area contributed by atoms with Crippen molar-refractivity contribution in [2.45, 2.75) is 65.3 Å². The van der Waals surface area contributed by atoms with E-state index in [2.05, 4.69) is 0 Å². The molecule has 30 heavy (non-hydrogen) atoms. The molecule has 1 heterocycles. The third kappa shape index (κ3) is 4.68. The number of fused-ring (bicyclic) bond motifs is 1. The first-order valence-electron chi connectivity index (χ1n) is 10.5. The van der Waals surface area contributed by atoms with E-state index in [0.29, 0.717) is 30.4 Å². The highest BCUT2D eigenvalue weighted by molar-refractivity contribution is 6.22. The Bertz CT molecular complexity index is 887. The van der Waals surface area contributed by atoms with Gasteiger partial charge in [0, 0.05) is 12.3 Å². The van der Waals surface area contributed by atoms with Gasteiger partial charge in [-0.15, -0.1) is 0 Å². The summed E-state index contributed by atoms with van der Waals surface area (Å²) in [6.07, 6.45) is 4.62. The average molecular weight is 413 g/mol. The number of carbonyl (C=O) groups excluding carboxylic acids is 1. The number of ketones is 1. The molecule has 1 saturated carbocycles. The number of hydrogen-bond donors (Lipinski definition) is 3. The zero-order valence-corrected chi connectivity index (χ0v) is 18.1. The molecule has 0 radical (unpaired) electrons. The van der Waals surface area contributed by atoms with Crippen LogP contribution in [-0.4, -0.2) is 39.4 Å². The minimum absolute atomic E-state index is 0.174. The van der Waals surface area contributed by atoms with Crippen molar-refractivity contribution in [1.29, 1.82) is 0 Å². The number of rotatable bonds is 5. The maximum absolute atomic E-state index is 13.3. The van der Waals surface area contributed by atoms with Gasteiger partial charge in [-0.05, 0) is 63.8 Å². The fraction of sp³-hybridized carbons (Fsp3) is 0.480. The second-order valence-corrected chi connectivity index (χ2v) is 8.90. The Balaban J connectivity index is 1.88. The van der Waals surface area contributed by atoms with Crippen LogP contribution in [0.5, 0.6) is 5.75 Å². The molecule has 1 aliphatic heterocycles. The number of aliphatic hydroxyl groups is 2. The van der Waals surface area contributed by atoms with E-state index >= 15 is 0 Å². The predicted octanol–water partition coefficient (Wildman–Crippen LogP) is 3.92. The van der Waals surface area contributed by atoms with Crippen LogP contribution in [0.15, 0.2) is 47.8 Å². The summed E-state index contributed by atoms with van der Waals surface area (Å²) in [4.78, 5) is 13.3. The third-order valence-electron chi connectivity index (χ3n) is 6.02. The average Bonchev–Trinajstić information content (AvgIpc) is 2.67. The van der Waals surface area contributed by atoms with Crippen LogP contribution < -0.4 is 0 Å². The van der Waals surface area contributed by atoms with E-state index in [1.54, 1.807) is 18.2 Å². The van der Waals surface area contributed by atoms with Crippen molar-refractivity contribution in [3.8, 4) is 5.75 Å². The Hall–Kier alpha value is -2.37. The first-order chi connectivity index (χ1) is 14.2. The zero-order valence-electron chi connectivity index (χ0n) is 18.1. The second-order valence-electron chi connectivity index (χ2n) is 8.90. The molecular weight excluding hydrogens is 380 g/mol. The van der Waals surface area contributed by atoms with Gasteiger partial charge in [0.25, 0.3) is 0 Å². The summed E-state index contributed by atoms with van der Waals surface area (Å²) in [6.45, 7) is 7.93. The molecular formula is C25H32O5. The largest absolute Gasteiger partial charge is 0.508 e. The van der Waals surface area contributed by atoms with Crippen LogP contribution in [0.25, 0.3) is 5.57 Å². The lowest BCUT2D eigenvalue weighted by Crippen LogP contribution is -2.54. The highest BCUT2D eigenvalue weighted by Gasteiger charge is 2.49. The van der Waals surface area contributed by atoms with Gasteiger partial charge in [-0.2, -0.15) is 0 Å². The van der Waals surface area contributed by atoms with Crippen molar-refractivity contribution in [3.05, 3.63) is 58.9 Å². The Kier molecular flexibility index (Phi) is 6.84. The van der Waals surface area contributed by atoms with Crippen LogP contribution in [0, 0.1) is 11.8 Å². The van der Waals surface area contributed by atoms with Crippen LogP contribution >= 0.6 is 0 Å². The molecule has 2 aliphatic rings. The summed E-state index contributed by atoms with van der Waals surface area (Å²) in [7, 11) is 0. The Labute approximate surface area is 178 Å². The van der Waals surface area contributed by atoms with E-state index in [-0.39, 0.29) is 11.5 Å². The molecule has 0 aromatic heterocycles. The fourth-order valence-electron chi connectivity index (χ4n) is 4.24. The number of aromatic hydroxyl groups is 1. The quantitative estimate of drug-likeness (QED) is 0.638. The summed E-state index contributed by atoms with van der Waals surface area (Å²) in [6, 6.07) is 5.08. The fourth-order valence-corrected chi connectivity index (χ4v) is 4.24. The molecule has 5 nitrogen and oxygen atoms in total. The predicted molar refractivity (Wildman–Crippen MR) is 117 cm³/mol. The molecule has 0 amide bonds. The molecule has 3 N–H and O–H groups in total. The van der Waals surface area contributed by atoms with Gasteiger partial charge in [-0.1, -0.05) is 29.4 Å². The third-order valence-corrected chi connectivity index (χ3v) is 6.02. The van der Waals surface area contributed by atoms with Crippen molar-refractivity contribution in [1.82, 2.24) is 0 Å². The van der Waals surface area contributed by atoms with Crippen LogP contribution in [0.1, 0.15) is 51.7 Å². The summed E-state index contributed by atoms with van der Waals surface area (Å²) < 4.78 is 5.81. The van der Waals surface area contributed by atoms with E-state index in [1.807, 2.05) is 39.8 Å². The van der Waals surface area contributed by atoms with Gasteiger partial charge in [-0.25, -0.2) is 0 Å². The topological polar surface area (TPSA) is 87.0 Å². The van der Waals surface area contributed by atoms with Gasteiger partial charge >= 0.3 is 0 Å². The van der Waals surface area contributed by atoms with E-state index in [4.69, 9.17) is 4.74 Å². The highest BCUT2D eigenvalue weighted by atomic mass is 16.5. The summed E-state index contributed by atoms with van der Waals surface area (Å²) in [5, 5.41) is 31.6. The molecule has 0 saturated heterocycles. The molecule has 5 atom stereocenters. The van der Waals surface area contributed by atoms with Gasteiger partial charge in [0.15, 0.2) is 5.78 Å². The van der Waals surface area contributed by atoms with Crippen molar-refractivity contribution in [3.63, 3.8) is 0 Å². The molecule has 1 fully saturated rings. The number of allylic oxidation sites excluding steroid dienone is 5. The van der Waals surface area contributed by atoms with E-state index < -0.39 is 30.1 Å². The van der Waals surface area contributed by atoms with Crippen LogP contribution in [-0.2, 0) is 16.0 Å². The summed E-state index contributed by atoms with van der Waals surface area (Å²) in [5.74, 6) is -1.10. The number of aliphatic hydroxyl groups excluding tert-OH is 2. The van der Waals surface area contributed by atoms with Crippen LogP contribution in [0.2, 0.25) is 0 Å². The number of ether oxygens (including phenoxy) is 1. The van der Waals surface area contributed by atoms with E-state index in [9.17, 15) is 20.1 Å². The Morgan fingerprint density at radius 1 is 1.13 bits per heavy atom. The molecule has 5 heteroatoms. The van der Waals surface area contributed by atoms with Gasteiger partial charge in [0.1, 0.15) is 11.9 Å². The van der Waals surface area contributed by atoms with Gasteiger partial charge in [0.2, 0.25) is 0 Å². The van der Waals surface area contributed by atoms with E-state index in [0.717, 1.165) is 16.7 Å². The monoisotopic (exact) mass is 412 g/mol. The van der Waals surface area contributed by atoms with Gasteiger partial charge < -0.3 is 20.1 Å². The molecule has 1 aromatic carbocycles. The van der Waals surface area contributed by atoms with Gasteiger partial charge in [0.05, 0.1) is 30.0 Å². The number of benzene rings is 1. The highest BCUT2D eigenvalue weighted by Crippen LogP contribution is 2.41. The molecule has 162 valence electrons. The molecule has 0 bridgehead atoms. The number of Topliss-reactive ketones (excluding diaryl/α,β-unsaturated/α-hetero) is 1. The molecule has 3 rings (SSSR count). The minimum Gasteiger partial charge on any atom is -0.508 e. The molecule has 0 spiro atoms. The van der Waals surface area contributed by atoms with Crippen molar-refractivity contribution >= 4 is 11.4 Å². The number of hydrogen-bond acceptors (Lipinski definition) is 5. The van der Waals surface area contributed by atoms with Crippen LogP contribution in [0.4, 0.5) is 0 Å². The molecule has 5 unspecified atom stereocenters. The lowest BCUT2D eigenvalue weighted by Gasteiger charge is -2.43. The summed E-state index contributed by atoms with van der Waals surface area (Å²) in [5.41, 5.74) is 4.03. The minimum atomic E-state index is -0.979. The standard InChI is InChI=1S/C25H32O5/c1-14(2)5-7-17-11-16(8-10-20(17)26)19-13-30-22-12-21(27)18(9-6-15(3)4)24(28)23(22)25(19)29/h5-6,8,10-11,13,18,21-24,26-28H,7,9,12H2,1-4H3. The van der Waals surface area contributed by atoms with Crippen molar-refractivity contribution in [2.24, 2.45) is 11.8 Å². The zero-order chi connectivity index (χ0) is 22.0. The number of carbonyl (C=O) groups is 1. The Morgan fingerprint density at radius 3 is 2.50 bits per heavy atom. The Morgan fingerprint density at radius 2 is 1.83 bits per heavy atom. The van der Waals surface area contributed by atoms with Crippen LogP contribution in [0.3, 0.4) is 0 Å². The lowest BCUT2D eigenvalue weighted by molar-refractivity contribution is -0.147. The molecule has 1 aliphatic carbocycles. The van der Waals surface area contributed by atoms with E-state index in [1.165, 1.54) is 6.26 Å². The number of phenolic OH excluding ortho intramolecular Hbond substituents is 1. The first-order valence-corrected chi connectivity index (χ1v) is 10.5. The van der Waals surface area contributed by atoms with Gasteiger partial charge in [-0.3, -0.25) is 4.79 Å². The van der Waals surface area contributed by atoms with Crippen molar-refractivity contribution < 1.29 is 24.9 Å².